The number of nitrogens with one attached hydrogen (secondary N) is 1. The Morgan fingerprint density at radius 3 is 2.33 bits per heavy atom. The second-order valence-electron chi connectivity index (χ2n) is 6.40. The highest BCUT2D eigenvalue weighted by molar-refractivity contribution is 5.91. The minimum Gasteiger partial charge on any atom is -0.479 e. The molecule has 0 radical (unpaired) electrons. The molecule has 4 heteroatoms. The molecule has 1 unspecified atom stereocenters. The number of carboxylic acid groups (broad SMARTS) is 1. The van der Waals surface area contributed by atoms with Gasteiger partial charge in [-0.3, -0.25) is 4.79 Å². The number of amides is 1. The highest BCUT2D eigenvalue weighted by Gasteiger charge is 2.62. The van der Waals surface area contributed by atoms with Crippen LogP contribution in [0, 0.1) is 23.7 Å². The number of carbonyl (C=O) groups excluding carboxylic acids is 1. The van der Waals surface area contributed by atoms with E-state index in [4.69, 9.17) is 0 Å². The van der Waals surface area contributed by atoms with Gasteiger partial charge in [-0.1, -0.05) is 33.6 Å². The summed E-state index contributed by atoms with van der Waals surface area (Å²) >= 11 is 0. The summed E-state index contributed by atoms with van der Waals surface area (Å²) in [5.41, 5.74) is -0.983. The summed E-state index contributed by atoms with van der Waals surface area (Å²) in [6.07, 6.45) is 3.91. The van der Waals surface area contributed by atoms with E-state index in [0.29, 0.717) is 18.3 Å². The highest BCUT2D eigenvalue weighted by Crippen LogP contribution is 2.49. The Morgan fingerprint density at radius 1 is 1.33 bits per heavy atom. The first-order valence-electron chi connectivity index (χ1n) is 6.92. The van der Waals surface area contributed by atoms with E-state index in [1.165, 1.54) is 12.8 Å². The summed E-state index contributed by atoms with van der Waals surface area (Å²) in [5.74, 6) is 0.0154. The molecule has 0 saturated heterocycles. The quantitative estimate of drug-likeness (QED) is 0.761. The molecule has 2 fully saturated rings. The Bertz CT molecular complexity index is 362. The lowest BCUT2D eigenvalue weighted by atomic mass is 10.0. The van der Waals surface area contributed by atoms with E-state index in [2.05, 4.69) is 5.32 Å². The first-order chi connectivity index (χ1) is 8.36. The topological polar surface area (TPSA) is 66.4 Å². The molecule has 102 valence electrons. The zero-order chi connectivity index (χ0) is 13.5. The summed E-state index contributed by atoms with van der Waals surface area (Å²) in [6, 6.07) is 0. The van der Waals surface area contributed by atoms with Gasteiger partial charge in [-0.2, -0.15) is 0 Å². The van der Waals surface area contributed by atoms with Crippen molar-refractivity contribution in [2.75, 3.05) is 0 Å². The van der Waals surface area contributed by atoms with Crippen LogP contribution < -0.4 is 5.32 Å². The zero-order valence-electron chi connectivity index (χ0n) is 11.4. The molecule has 0 aromatic heterocycles. The van der Waals surface area contributed by atoms with Gasteiger partial charge in [0.1, 0.15) is 5.54 Å². The van der Waals surface area contributed by atoms with Crippen LogP contribution in [-0.4, -0.2) is 22.5 Å². The van der Waals surface area contributed by atoms with Crippen molar-refractivity contribution in [1.29, 1.82) is 0 Å². The molecule has 18 heavy (non-hydrogen) atoms. The van der Waals surface area contributed by atoms with Crippen molar-refractivity contribution in [3.05, 3.63) is 0 Å². The van der Waals surface area contributed by atoms with Crippen molar-refractivity contribution in [3.63, 3.8) is 0 Å². The third-order valence-corrected chi connectivity index (χ3v) is 4.38. The van der Waals surface area contributed by atoms with E-state index in [0.717, 1.165) is 6.42 Å². The van der Waals surface area contributed by atoms with E-state index in [9.17, 15) is 14.7 Å². The SMILES string of the molecule is CC(CC1CC1)C(=O)N[C@]1(C(=O)O)C[C@H]1C(C)C. The van der Waals surface area contributed by atoms with Gasteiger partial charge in [0, 0.05) is 5.92 Å². The Morgan fingerprint density at radius 2 is 1.94 bits per heavy atom. The Kier molecular flexibility index (Phi) is 3.39. The van der Waals surface area contributed by atoms with Gasteiger partial charge >= 0.3 is 5.97 Å². The van der Waals surface area contributed by atoms with Crippen LogP contribution in [0.3, 0.4) is 0 Å². The van der Waals surface area contributed by atoms with Crippen molar-refractivity contribution < 1.29 is 14.7 Å². The van der Waals surface area contributed by atoms with E-state index in [1.807, 2.05) is 20.8 Å². The number of carboxylic acids is 1. The second kappa shape index (κ2) is 4.56. The molecular weight excluding hydrogens is 230 g/mol. The zero-order valence-corrected chi connectivity index (χ0v) is 11.4. The smallest absolute Gasteiger partial charge is 0.329 e. The first-order valence-corrected chi connectivity index (χ1v) is 6.92. The monoisotopic (exact) mass is 253 g/mol. The fraction of sp³-hybridized carbons (Fsp3) is 0.857. The molecule has 2 aliphatic rings. The lowest BCUT2D eigenvalue weighted by Gasteiger charge is -2.19. The molecule has 3 atom stereocenters. The molecule has 0 aromatic carbocycles. The minimum absolute atomic E-state index is 0.0675. The molecule has 1 amide bonds. The average Bonchev–Trinajstić information content (AvgIpc) is 3.12. The van der Waals surface area contributed by atoms with Crippen molar-refractivity contribution in [2.45, 2.75) is 52.0 Å². The normalized spacial score (nSPS) is 32.1. The molecule has 4 nitrogen and oxygen atoms in total. The fourth-order valence-corrected chi connectivity index (χ4v) is 2.84. The van der Waals surface area contributed by atoms with Gasteiger partial charge in [0.25, 0.3) is 0 Å². The molecule has 0 aromatic rings. The second-order valence-corrected chi connectivity index (χ2v) is 6.40. The number of aliphatic carboxylic acids is 1. The van der Waals surface area contributed by atoms with Gasteiger partial charge in [0.05, 0.1) is 0 Å². The highest BCUT2D eigenvalue weighted by atomic mass is 16.4. The van der Waals surface area contributed by atoms with Crippen LogP contribution in [0.15, 0.2) is 0 Å². The van der Waals surface area contributed by atoms with Crippen LogP contribution >= 0.6 is 0 Å². The van der Waals surface area contributed by atoms with Crippen LogP contribution in [-0.2, 0) is 9.59 Å². The van der Waals surface area contributed by atoms with E-state index >= 15 is 0 Å². The lowest BCUT2D eigenvalue weighted by molar-refractivity contribution is -0.144. The minimum atomic E-state index is -0.983. The van der Waals surface area contributed by atoms with Crippen molar-refractivity contribution in [2.24, 2.45) is 23.7 Å². The van der Waals surface area contributed by atoms with E-state index < -0.39 is 11.5 Å². The predicted molar refractivity (Wildman–Crippen MR) is 68.0 cm³/mol. The predicted octanol–water partition coefficient (Wildman–Crippen LogP) is 2.04. The number of hydrogen-bond donors (Lipinski definition) is 2. The van der Waals surface area contributed by atoms with Gasteiger partial charge in [-0.15, -0.1) is 0 Å². The van der Waals surface area contributed by atoms with Crippen LogP contribution in [0.5, 0.6) is 0 Å². The molecule has 0 heterocycles. The van der Waals surface area contributed by atoms with Crippen LogP contribution in [0.2, 0.25) is 0 Å². The van der Waals surface area contributed by atoms with Crippen molar-refractivity contribution in [1.82, 2.24) is 5.32 Å². The molecule has 2 saturated carbocycles. The van der Waals surface area contributed by atoms with Crippen molar-refractivity contribution >= 4 is 11.9 Å². The maximum Gasteiger partial charge on any atom is 0.329 e. The van der Waals surface area contributed by atoms with Gasteiger partial charge in [-0.05, 0) is 30.6 Å². The largest absolute Gasteiger partial charge is 0.479 e. The van der Waals surface area contributed by atoms with E-state index in [1.54, 1.807) is 0 Å². The Balaban J connectivity index is 1.93. The first kappa shape index (κ1) is 13.4. The fourth-order valence-electron chi connectivity index (χ4n) is 2.84. The summed E-state index contributed by atoms with van der Waals surface area (Å²) < 4.78 is 0. The Hall–Kier alpha value is -1.06. The van der Waals surface area contributed by atoms with Gasteiger partial charge < -0.3 is 10.4 Å². The number of rotatable bonds is 6. The molecule has 2 rings (SSSR count). The summed E-state index contributed by atoms with van der Waals surface area (Å²) in [6.45, 7) is 5.92. The summed E-state index contributed by atoms with van der Waals surface area (Å²) in [7, 11) is 0. The average molecular weight is 253 g/mol. The van der Waals surface area contributed by atoms with Gasteiger partial charge in [-0.25, -0.2) is 4.79 Å². The van der Waals surface area contributed by atoms with Gasteiger partial charge in [0.2, 0.25) is 5.91 Å². The molecular formula is C14H23NO3. The third-order valence-electron chi connectivity index (χ3n) is 4.38. The van der Waals surface area contributed by atoms with Crippen molar-refractivity contribution in [3.8, 4) is 0 Å². The van der Waals surface area contributed by atoms with Crippen LogP contribution in [0.1, 0.15) is 46.5 Å². The van der Waals surface area contributed by atoms with Crippen LogP contribution in [0.25, 0.3) is 0 Å². The molecule has 0 spiro atoms. The van der Waals surface area contributed by atoms with E-state index in [-0.39, 0.29) is 17.7 Å². The number of hydrogen-bond acceptors (Lipinski definition) is 2. The lowest BCUT2D eigenvalue weighted by Crippen LogP contribution is -2.47. The molecule has 0 bridgehead atoms. The molecule has 2 N–H and O–H groups in total. The maximum absolute atomic E-state index is 12.1. The standard InChI is InChI=1S/C14H23NO3/c1-8(2)11-7-14(11,13(17)18)15-12(16)9(3)6-10-4-5-10/h8-11H,4-7H2,1-3H3,(H,15,16)(H,17,18)/t9?,11-,14+/m0/s1. The molecule has 2 aliphatic carbocycles. The summed E-state index contributed by atoms with van der Waals surface area (Å²) in [5, 5.41) is 12.1. The number of carbonyl (C=O) groups is 2. The molecule has 0 aliphatic heterocycles. The van der Waals surface area contributed by atoms with Crippen LogP contribution in [0.4, 0.5) is 0 Å². The van der Waals surface area contributed by atoms with Gasteiger partial charge in [0.15, 0.2) is 0 Å². The summed E-state index contributed by atoms with van der Waals surface area (Å²) in [4.78, 5) is 23.4. The maximum atomic E-state index is 12.1. The third kappa shape index (κ3) is 2.52. The Labute approximate surface area is 108 Å².